The number of likely N-dealkylation sites (N-methyl/N-ethyl adjacent to an activating group) is 1. The molecule has 1 aromatic carbocycles. The van der Waals surface area contributed by atoms with Crippen molar-refractivity contribution in [2.75, 3.05) is 26.7 Å². The minimum Gasteiger partial charge on any atom is -0.395 e. The molecule has 1 saturated heterocycles. The van der Waals surface area contributed by atoms with Crippen molar-refractivity contribution >= 4 is 10.9 Å². The van der Waals surface area contributed by atoms with Crippen LogP contribution >= 0.6 is 0 Å². The molecule has 0 radical (unpaired) electrons. The molecule has 1 aliphatic rings. The first-order valence-corrected chi connectivity index (χ1v) is 6.11. The van der Waals surface area contributed by atoms with E-state index in [0.717, 1.165) is 25.0 Å². The number of aromatic amines is 1. The van der Waals surface area contributed by atoms with Crippen molar-refractivity contribution in [3.05, 3.63) is 36.0 Å². The first kappa shape index (κ1) is 10.8. The van der Waals surface area contributed by atoms with E-state index >= 15 is 0 Å². The smallest absolute Gasteiger partial charge is 0.0541 e. The van der Waals surface area contributed by atoms with E-state index in [0.29, 0.717) is 0 Å². The van der Waals surface area contributed by atoms with Crippen molar-refractivity contribution in [1.82, 2.24) is 9.88 Å². The van der Waals surface area contributed by atoms with Gasteiger partial charge in [-0.15, -0.1) is 0 Å². The van der Waals surface area contributed by atoms with E-state index in [2.05, 4.69) is 41.3 Å². The number of fused-ring (bicyclic) bond motifs is 1. The Labute approximate surface area is 101 Å². The van der Waals surface area contributed by atoms with Crippen molar-refractivity contribution in [2.45, 2.75) is 11.8 Å². The quantitative estimate of drug-likeness (QED) is 0.824. The highest BCUT2D eigenvalue weighted by Gasteiger charge is 2.39. The fraction of sp³-hybridized carbons (Fsp3) is 0.429. The Hall–Kier alpha value is -1.32. The van der Waals surface area contributed by atoms with Gasteiger partial charge >= 0.3 is 0 Å². The minimum atomic E-state index is -0.0889. The van der Waals surface area contributed by atoms with Crippen LogP contribution in [0.3, 0.4) is 0 Å². The third-order valence-corrected chi connectivity index (χ3v) is 4.01. The number of H-pyrrole nitrogens is 1. The van der Waals surface area contributed by atoms with Gasteiger partial charge in [0.05, 0.1) is 6.61 Å². The number of hydrogen-bond donors (Lipinski definition) is 2. The third kappa shape index (κ3) is 1.58. The van der Waals surface area contributed by atoms with Crippen molar-refractivity contribution in [3.8, 4) is 0 Å². The molecule has 3 heteroatoms. The molecule has 1 fully saturated rings. The number of benzene rings is 1. The first-order chi connectivity index (χ1) is 8.25. The van der Waals surface area contributed by atoms with Gasteiger partial charge in [0.25, 0.3) is 0 Å². The highest BCUT2D eigenvalue weighted by molar-refractivity contribution is 5.84. The van der Waals surface area contributed by atoms with Gasteiger partial charge < -0.3 is 15.0 Å². The second kappa shape index (κ2) is 3.86. The van der Waals surface area contributed by atoms with Gasteiger partial charge in [-0.2, -0.15) is 0 Å². The van der Waals surface area contributed by atoms with Gasteiger partial charge in [0, 0.05) is 29.1 Å². The Morgan fingerprint density at radius 3 is 2.94 bits per heavy atom. The number of rotatable bonds is 2. The first-order valence-electron chi connectivity index (χ1n) is 6.11. The van der Waals surface area contributed by atoms with Crippen LogP contribution in [0.25, 0.3) is 10.9 Å². The molecule has 1 unspecified atom stereocenters. The molecule has 0 spiro atoms. The molecule has 2 aromatic rings. The number of hydrogen-bond acceptors (Lipinski definition) is 2. The molecule has 0 bridgehead atoms. The summed E-state index contributed by atoms with van der Waals surface area (Å²) in [5.41, 5.74) is 2.33. The molecule has 1 aromatic heterocycles. The molecule has 0 amide bonds. The Kier molecular flexibility index (Phi) is 2.45. The largest absolute Gasteiger partial charge is 0.395 e. The fourth-order valence-corrected chi connectivity index (χ4v) is 3.02. The van der Waals surface area contributed by atoms with Gasteiger partial charge in [0.2, 0.25) is 0 Å². The van der Waals surface area contributed by atoms with E-state index in [4.69, 9.17) is 0 Å². The molecule has 17 heavy (non-hydrogen) atoms. The molecule has 2 heterocycles. The zero-order valence-corrected chi connectivity index (χ0v) is 10.1. The normalized spacial score (nSPS) is 25.8. The predicted octanol–water partition coefficient (Wildman–Crippen LogP) is 1.73. The van der Waals surface area contributed by atoms with Crippen LogP contribution in [0.1, 0.15) is 12.0 Å². The third-order valence-electron chi connectivity index (χ3n) is 4.01. The van der Waals surface area contributed by atoms with E-state index < -0.39 is 0 Å². The molecule has 0 aliphatic carbocycles. The van der Waals surface area contributed by atoms with Crippen LogP contribution in [0.4, 0.5) is 0 Å². The summed E-state index contributed by atoms with van der Waals surface area (Å²) in [6.45, 7) is 2.21. The molecule has 3 nitrogen and oxygen atoms in total. The van der Waals surface area contributed by atoms with E-state index in [9.17, 15) is 5.11 Å². The van der Waals surface area contributed by atoms with Crippen LogP contribution in [0.15, 0.2) is 30.5 Å². The van der Waals surface area contributed by atoms with E-state index in [1.54, 1.807) is 0 Å². The summed E-state index contributed by atoms with van der Waals surface area (Å²) in [7, 11) is 2.12. The minimum absolute atomic E-state index is 0.0889. The number of aromatic nitrogens is 1. The Morgan fingerprint density at radius 1 is 1.41 bits per heavy atom. The Bertz CT molecular complexity index is 534. The maximum atomic E-state index is 9.83. The zero-order chi connectivity index (χ0) is 11.9. The number of aliphatic hydroxyl groups excluding tert-OH is 1. The van der Waals surface area contributed by atoms with E-state index in [1.807, 2.05) is 6.07 Å². The maximum Gasteiger partial charge on any atom is 0.0541 e. The lowest BCUT2D eigenvalue weighted by Crippen LogP contribution is -2.33. The number of nitrogens with one attached hydrogen (secondary N) is 1. The van der Waals surface area contributed by atoms with Crippen LogP contribution < -0.4 is 0 Å². The summed E-state index contributed by atoms with van der Waals surface area (Å²) in [4.78, 5) is 5.60. The highest BCUT2D eigenvalue weighted by Crippen LogP contribution is 2.37. The second-order valence-electron chi connectivity index (χ2n) is 5.17. The van der Waals surface area contributed by atoms with Crippen molar-refractivity contribution in [1.29, 1.82) is 0 Å². The van der Waals surface area contributed by atoms with Crippen molar-refractivity contribution in [3.63, 3.8) is 0 Å². The van der Waals surface area contributed by atoms with Gasteiger partial charge in [-0.25, -0.2) is 0 Å². The standard InChI is InChI=1S/C14H18N2O/c1-16-7-6-14(9-16,10-17)12-8-15-13-5-3-2-4-11(12)13/h2-5,8,15,17H,6-7,9-10H2,1H3. The lowest BCUT2D eigenvalue weighted by atomic mass is 9.80. The lowest BCUT2D eigenvalue weighted by Gasteiger charge is -2.26. The molecule has 1 aliphatic heterocycles. The monoisotopic (exact) mass is 230 g/mol. The molecule has 3 rings (SSSR count). The molecule has 2 N–H and O–H groups in total. The van der Waals surface area contributed by atoms with Crippen LogP contribution in [0.5, 0.6) is 0 Å². The zero-order valence-electron chi connectivity index (χ0n) is 10.1. The average Bonchev–Trinajstić information content (AvgIpc) is 2.93. The van der Waals surface area contributed by atoms with Gasteiger partial charge in [0.15, 0.2) is 0 Å². The number of aliphatic hydroxyl groups is 1. The fourth-order valence-electron chi connectivity index (χ4n) is 3.02. The van der Waals surface area contributed by atoms with Gasteiger partial charge in [-0.1, -0.05) is 18.2 Å². The molecule has 1 atom stereocenters. The van der Waals surface area contributed by atoms with Crippen molar-refractivity contribution < 1.29 is 5.11 Å². The lowest BCUT2D eigenvalue weighted by molar-refractivity contribution is 0.196. The highest BCUT2D eigenvalue weighted by atomic mass is 16.3. The maximum absolute atomic E-state index is 9.83. The average molecular weight is 230 g/mol. The Balaban J connectivity index is 2.13. The van der Waals surface area contributed by atoms with E-state index in [1.165, 1.54) is 10.9 Å². The molecule has 0 saturated carbocycles. The number of nitrogens with zero attached hydrogens (tertiary/aromatic N) is 1. The molecular weight excluding hydrogens is 212 g/mol. The summed E-state index contributed by atoms with van der Waals surface area (Å²) in [5, 5.41) is 11.1. The number of likely N-dealkylation sites (tertiary alicyclic amines) is 1. The van der Waals surface area contributed by atoms with Gasteiger partial charge in [-0.3, -0.25) is 0 Å². The van der Waals surface area contributed by atoms with Crippen LogP contribution in [-0.4, -0.2) is 41.7 Å². The summed E-state index contributed by atoms with van der Waals surface area (Å²) >= 11 is 0. The van der Waals surface area contributed by atoms with E-state index in [-0.39, 0.29) is 12.0 Å². The van der Waals surface area contributed by atoms with Crippen LogP contribution in [0, 0.1) is 0 Å². The predicted molar refractivity (Wildman–Crippen MR) is 69.2 cm³/mol. The summed E-state index contributed by atoms with van der Waals surface area (Å²) in [6.07, 6.45) is 3.10. The van der Waals surface area contributed by atoms with Gasteiger partial charge in [-0.05, 0) is 31.6 Å². The molecular formula is C14H18N2O. The Morgan fingerprint density at radius 2 is 2.24 bits per heavy atom. The second-order valence-corrected chi connectivity index (χ2v) is 5.17. The van der Waals surface area contributed by atoms with Gasteiger partial charge in [0.1, 0.15) is 0 Å². The summed E-state index contributed by atoms with van der Waals surface area (Å²) < 4.78 is 0. The van der Waals surface area contributed by atoms with Crippen molar-refractivity contribution in [2.24, 2.45) is 0 Å². The SMILES string of the molecule is CN1CCC(CO)(c2c[nH]c3ccccc23)C1. The number of para-hydroxylation sites is 1. The summed E-state index contributed by atoms with van der Waals surface area (Å²) in [6, 6.07) is 8.32. The van der Waals surface area contributed by atoms with Crippen LogP contribution in [-0.2, 0) is 5.41 Å². The summed E-state index contributed by atoms with van der Waals surface area (Å²) in [5.74, 6) is 0. The van der Waals surface area contributed by atoms with Crippen LogP contribution in [0.2, 0.25) is 0 Å². The topological polar surface area (TPSA) is 39.3 Å². The molecule has 90 valence electrons.